The smallest absolute Gasteiger partial charge is 0.305 e. The average molecular weight is 549 g/mol. The van der Waals surface area contributed by atoms with E-state index >= 15 is 0 Å². The lowest BCUT2D eigenvalue weighted by Crippen LogP contribution is -2.42. The van der Waals surface area contributed by atoms with Crippen LogP contribution in [0.1, 0.15) is 22.8 Å². The van der Waals surface area contributed by atoms with E-state index in [0.29, 0.717) is 5.69 Å². The van der Waals surface area contributed by atoms with Gasteiger partial charge in [-0.15, -0.1) is 11.8 Å². The number of fused-ring (bicyclic) bond motifs is 9. The highest BCUT2D eigenvalue weighted by Crippen LogP contribution is 2.68. The maximum absolute atomic E-state index is 13.8. The van der Waals surface area contributed by atoms with Crippen LogP contribution in [0.5, 0.6) is 0 Å². The fraction of sp³-hybridized carbons (Fsp3) is 0.370. The molecule has 11 heteroatoms. The van der Waals surface area contributed by atoms with Crippen molar-refractivity contribution in [2.75, 3.05) is 23.9 Å². The van der Waals surface area contributed by atoms with Gasteiger partial charge in [0.1, 0.15) is 0 Å². The number of hydrogen-bond donors (Lipinski definition) is 1. The molecule has 1 aromatic heterocycles. The second-order valence-electron chi connectivity index (χ2n) is 10.7. The lowest BCUT2D eigenvalue weighted by atomic mass is 9.68. The minimum atomic E-state index is -0.498. The summed E-state index contributed by atoms with van der Waals surface area (Å²) in [6, 6.07) is 14.0. The van der Waals surface area contributed by atoms with Gasteiger partial charge in [-0.2, -0.15) is 0 Å². The molecule has 2 aromatic carbocycles. The van der Waals surface area contributed by atoms with Crippen molar-refractivity contribution in [3.8, 4) is 0 Å². The lowest BCUT2D eigenvalue weighted by Gasteiger charge is -2.43. The van der Waals surface area contributed by atoms with Gasteiger partial charge in [-0.1, -0.05) is 23.5 Å². The number of thioether (sulfide) groups is 1. The number of rotatable bonds is 4. The number of benzene rings is 2. The Hall–Kier alpha value is -3.44. The molecule has 9 nitrogen and oxygen atoms in total. The van der Waals surface area contributed by atoms with E-state index in [-0.39, 0.29) is 51.3 Å². The van der Waals surface area contributed by atoms with Crippen molar-refractivity contribution in [1.82, 2.24) is 4.98 Å². The lowest BCUT2D eigenvalue weighted by molar-refractivity contribution is -0.384. The number of anilines is 2. The number of nitrogens with one attached hydrogen (secondary N) is 1. The van der Waals surface area contributed by atoms with Crippen molar-refractivity contribution in [2.24, 2.45) is 29.6 Å². The molecule has 2 saturated carbocycles. The summed E-state index contributed by atoms with van der Waals surface area (Å²) in [4.78, 5) is 57.8. The predicted octanol–water partition coefficient (Wildman–Crippen LogP) is 4.09. The Labute approximate surface area is 226 Å². The van der Waals surface area contributed by atoms with Gasteiger partial charge in [0.25, 0.3) is 5.69 Å². The highest BCUT2D eigenvalue weighted by atomic mass is 32.2. The third-order valence-corrected chi connectivity index (χ3v) is 11.4. The molecule has 7 atom stereocenters. The van der Waals surface area contributed by atoms with E-state index in [9.17, 15) is 24.5 Å². The third kappa shape index (κ3) is 3.21. The summed E-state index contributed by atoms with van der Waals surface area (Å²) in [7, 11) is 3.99. The fourth-order valence-corrected chi connectivity index (χ4v) is 10.2. The van der Waals surface area contributed by atoms with Crippen molar-refractivity contribution in [2.45, 2.75) is 22.6 Å². The van der Waals surface area contributed by atoms with Gasteiger partial charge >= 0.3 is 4.87 Å². The Kier molecular flexibility index (Phi) is 5.15. The van der Waals surface area contributed by atoms with E-state index in [2.05, 4.69) is 29.2 Å². The van der Waals surface area contributed by atoms with E-state index in [1.54, 1.807) is 11.8 Å². The Balaban J connectivity index is 1.28. The van der Waals surface area contributed by atoms with Gasteiger partial charge in [-0.25, -0.2) is 0 Å². The number of nitro groups is 1. The van der Waals surface area contributed by atoms with Crippen molar-refractivity contribution in [3.63, 3.8) is 0 Å². The monoisotopic (exact) mass is 548 g/mol. The van der Waals surface area contributed by atoms with Crippen molar-refractivity contribution >= 4 is 52.0 Å². The van der Waals surface area contributed by atoms with Gasteiger partial charge in [0.05, 0.1) is 27.5 Å². The van der Waals surface area contributed by atoms with Gasteiger partial charge in [-0.05, 0) is 54.0 Å². The number of aromatic nitrogens is 1. The van der Waals surface area contributed by atoms with Crippen LogP contribution in [0.15, 0.2) is 58.4 Å². The van der Waals surface area contributed by atoms with E-state index in [4.69, 9.17) is 0 Å². The predicted molar refractivity (Wildman–Crippen MR) is 145 cm³/mol. The molecule has 7 rings (SSSR count). The molecule has 2 bridgehead atoms. The standard InChI is InChI=1S/C27H24N4O5S2/c1-29(2)13-5-3-12(4-6-13)18-19-16-11-17(22(19)37-24-23(18)38-27(34)28-24)21-20(16)25(32)30(26(21)33)14-7-9-15(10-8-14)31(35)36/h3-10,16-22H,11H2,1-2H3,(H,28,34)/t16-,17+,18+,19-,20+,21+,22+/m0/s1. The summed E-state index contributed by atoms with van der Waals surface area (Å²) in [5.41, 5.74) is 2.50. The van der Waals surface area contributed by atoms with Gasteiger partial charge in [0.2, 0.25) is 11.8 Å². The van der Waals surface area contributed by atoms with Gasteiger partial charge in [0.15, 0.2) is 0 Å². The molecule has 1 N–H and O–H groups in total. The van der Waals surface area contributed by atoms with Crippen molar-refractivity contribution in [3.05, 3.63) is 78.8 Å². The fourth-order valence-electron chi connectivity index (χ4n) is 7.35. The van der Waals surface area contributed by atoms with E-state index < -0.39 is 16.8 Å². The van der Waals surface area contributed by atoms with E-state index in [1.165, 1.54) is 40.5 Å². The summed E-state index contributed by atoms with van der Waals surface area (Å²) in [5, 5.41) is 12.1. The van der Waals surface area contributed by atoms with Gasteiger partial charge in [-0.3, -0.25) is 29.4 Å². The molecule has 0 unspecified atom stereocenters. The van der Waals surface area contributed by atoms with Crippen molar-refractivity contribution < 1.29 is 14.5 Å². The Morgan fingerprint density at radius 2 is 1.63 bits per heavy atom. The number of imide groups is 1. The number of carbonyl (C=O) groups is 2. The van der Waals surface area contributed by atoms with Crippen LogP contribution in [-0.4, -0.2) is 41.1 Å². The average Bonchev–Trinajstić information content (AvgIpc) is 3.63. The maximum atomic E-state index is 13.8. The van der Waals surface area contributed by atoms with E-state index in [1.807, 2.05) is 19.0 Å². The van der Waals surface area contributed by atoms with Crippen LogP contribution >= 0.6 is 23.1 Å². The minimum absolute atomic E-state index is 0.0193. The molecule has 3 fully saturated rings. The zero-order valence-electron chi connectivity index (χ0n) is 20.6. The molecular weight excluding hydrogens is 524 g/mol. The largest absolute Gasteiger partial charge is 0.378 e. The minimum Gasteiger partial charge on any atom is -0.378 e. The van der Waals surface area contributed by atoms with Crippen LogP contribution in [0.25, 0.3) is 0 Å². The first-order valence-electron chi connectivity index (χ1n) is 12.5. The molecule has 3 heterocycles. The number of thiazole rings is 1. The number of carbonyl (C=O) groups excluding carboxylic acids is 2. The zero-order chi connectivity index (χ0) is 26.5. The normalized spacial score (nSPS) is 30.8. The summed E-state index contributed by atoms with van der Waals surface area (Å²) < 4.78 is 0. The molecule has 2 aliphatic carbocycles. The van der Waals surface area contributed by atoms with Crippen LogP contribution < -0.4 is 14.7 Å². The number of aromatic amines is 1. The van der Waals surface area contributed by atoms with Crippen molar-refractivity contribution in [1.29, 1.82) is 0 Å². The number of nitrogens with zero attached hydrogens (tertiary/aromatic N) is 3. The van der Waals surface area contributed by atoms with Crippen LogP contribution in [0.4, 0.5) is 17.1 Å². The zero-order valence-corrected chi connectivity index (χ0v) is 22.2. The molecule has 0 spiro atoms. The van der Waals surface area contributed by atoms with Crippen LogP contribution in [0, 0.1) is 39.7 Å². The molecule has 38 heavy (non-hydrogen) atoms. The molecule has 2 amide bonds. The number of nitro benzene ring substituents is 1. The number of hydrogen-bond acceptors (Lipinski definition) is 8. The quantitative estimate of drug-likeness (QED) is 0.297. The summed E-state index contributed by atoms with van der Waals surface area (Å²) in [5.74, 6) is -1.08. The maximum Gasteiger partial charge on any atom is 0.305 e. The third-order valence-electron chi connectivity index (χ3n) is 8.81. The second-order valence-corrected chi connectivity index (χ2v) is 12.9. The van der Waals surface area contributed by atoms with E-state index in [0.717, 1.165) is 27.6 Å². The van der Waals surface area contributed by atoms with Crippen LogP contribution in [-0.2, 0) is 9.59 Å². The molecule has 0 radical (unpaired) electrons. The highest BCUT2D eigenvalue weighted by Gasteiger charge is 2.69. The SMILES string of the molecule is CN(C)c1ccc([C@H]2c3sc(=O)[nH]c3S[C@@H]3[C@@H]4C[C@H]([C@H]5C(=O)N(c6ccc([N+](=O)[O-])cc6)C(=O)[C@H]45)[C@@H]23)cc1. The van der Waals surface area contributed by atoms with Gasteiger partial charge < -0.3 is 9.88 Å². The molecule has 4 aliphatic rings. The molecule has 1 saturated heterocycles. The van der Waals surface area contributed by atoms with Crippen LogP contribution in [0.3, 0.4) is 0 Å². The van der Waals surface area contributed by atoms with Crippen LogP contribution in [0.2, 0.25) is 0 Å². The summed E-state index contributed by atoms with van der Waals surface area (Å²) >= 11 is 2.91. The Morgan fingerprint density at radius 3 is 2.26 bits per heavy atom. The molecular formula is C27H24N4O5S2. The Morgan fingerprint density at radius 1 is 0.974 bits per heavy atom. The van der Waals surface area contributed by atoms with Gasteiger partial charge in [0, 0.05) is 48.0 Å². The topological polar surface area (TPSA) is 117 Å². The Bertz CT molecular complexity index is 1550. The number of amides is 2. The second kappa shape index (κ2) is 8.28. The summed E-state index contributed by atoms with van der Waals surface area (Å²) in [6.07, 6.45) is 0.814. The number of H-pyrrole nitrogens is 1. The molecule has 2 aliphatic heterocycles. The molecule has 3 aromatic rings. The molecule has 194 valence electrons. The first-order chi connectivity index (χ1) is 18.2. The first kappa shape index (κ1) is 23.7. The first-order valence-corrected chi connectivity index (χ1v) is 14.2. The highest BCUT2D eigenvalue weighted by molar-refractivity contribution is 8.00. The number of non-ortho nitro benzene ring substituents is 1. The summed E-state index contributed by atoms with van der Waals surface area (Å²) in [6.45, 7) is 0.